The monoisotopic (exact) mass is 271 g/mol. The van der Waals surface area contributed by atoms with E-state index in [1.165, 1.54) is 6.20 Å². The van der Waals surface area contributed by atoms with E-state index in [9.17, 15) is 0 Å². The molecule has 0 saturated heterocycles. The molecule has 7 heteroatoms. The molecule has 0 aliphatic rings. The number of hydrogen-bond donors (Lipinski definition) is 1. The van der Waals surface area contributed by atoms with Crippen LogP contribution in [-0.4, -0.2) is 20.1 Å². The summed E-state index contributed by atoms with van der Waals surface area (Å²) < 4.78 is 5.12. The first-order valence-electron chi connectivity index (χ1n) is 5.31. The maximum atomic E-state index is 8.74. The first-order valence-corrected chi connectivity index (χ1v) is 5.69. The summed E-state index contributed by atoms with van der Waals surface area (Å²) in [6, 6.07) is 8.73. The van der Waals surface area contributed by atoms with Crippen LogP contribution in [0.4, 0.5) is 0 Å². The molecule has 0 unspecified atom stereocenters. The van der Waals surface area contributed by atoms with Gasteiger partial charge in [-0.3, -0.25) is 4.98 Å². The van der Waals surface area contributed by atoms with Crippen molar-refractivity contribution < 1.29 is 4.52 Å². The molecule has 0 bridgehead atoms. The number of H-pyrrole nitrogens is 1. The molecule has 6 nitrogen and oxygen atoms in total. The number of nitriles is 1. The molecule has 3 rings (SSSR count). The zero-order valence-electron chi connectivity index (χ0n) is 9.46. The molecule has 0 fully saturated rings. The minimum atomic E-state index is 0.299. The van der Waals surface area contributed by atoms with Crippen LogP contribution in [0.1, 0.15) is 5.69 Å². The largest absolute Gasteiger partial charge is 0.342 e. The van der Waals surface area contributed by atoms with Crippen molar-refractivity contribution in [3.63, 3.8) is 0 Å². The molecule has 0 radical (unpaired) electrons. The third kappa shape index (κ3) is 2.19. The zero-order chi connectivity index (χ0) is 13.2. The number of halogens is 1. The molecule has 0 amide bonds. The highest BCUT2D eigenvalue weighted by Crippen LogP contribution is 2.21. The molecular formula is C12H6ClN5O. The maximum absolute atomic E-state index is 8.74. The Bertz CT molecular complexity index is 753. The molecule has 92 valence electrons. The molecule has 0 atom stereocenters. The minimum Gasteiger partial charge on any atom is -0.342 e. The Balaban J connectivity index is 1.95. The van der Waals surface area contributed by atoms with Crippen LogP contribution in [0.2, 0.25) is 5.02 Å². The second kappa shape index (κ2) is 4.55. The van der Waals surface area contributed by atoms with Gasteiger partial charge in [0.05, 0.1) is 5.02 Å². The fraction of sp³-hybridized carbons (Fsp3) is 0. The van der Waals surface area contributed by atoms with Crippen LogP contribution in [0.25, 0.3) is 23.1 Å². The predicted octanol–water partition coefficient (Wildman–Crippen LogP) is 2.65. The van der Waals surface area contributed by atoms with Crippen LogP contribution in [0.3, 0.4) is 0 Å². The topological polar surface area (TPSA) is 91.4 Å². The van der Waals surface area contributed by atoms with Gasteiger partial charge in [0, 0.05) is 6.20 Å². The Hall–Kier alpha value is -2.65. The first-order chi connectivity index (χ1) is 9.26. The van der Waals surface area contributed by atoms with Gasteiger partial charge in [-0.2, -0.15) is 10.2 Å². The van der Waals surface area contributed by atoms with E-state index in [0.29, 0.717) is 33.8 Å². The molecule has 3 aromatic heterocycles. The SMILES string of the molecule is N#Cc1ccc(-c2nc(-c3ccc(Cl)cn3)no2)[nH]1. The van der Waals surface area contributed by atoms with Crippen molar-refractivity contribution in [3.05, 3.63) is 41.2 Å². The lowest BCUT2D eigenvalue weighted by atomic mass is 10.3. The summed E-state index contributed by atoms with van der Waals surface area (Å²) in [7, 11) is 0. The number of nitrogens with zero attached hydrogens (tertiary/aromatic N) is 4. The third-order valence-corrected chi connectivity index (χ3v) is 2.64. The van der Waals surface area contributed by atoms with Gasteiger partial charge in [-0.05, 0) is 24.3 Å². The van der Waals surface area contributed by atoms with Crippen molar-refractivity contribution in [3.8, 4) is 29.2 Å². The first kappa shape index (κ1) is 11.4. The van der Waals surface area contributed by atoms with Gasteiger partial charge in [-0.25, -0.2) is 0 Å². The van der Waals surface area contributed by atoms with Crippen LogP contribution in [-0.2, 0) is 0 Å². The summed E-state index contributed by atoms with van der Waals surface area (Å²) >= 11 is 5.76. The molecule has 3 heterocycles. The molecule has 1 N–H and O–H groups in total. The Kier molecular flexibility index (Phi) is 2.74. The molecular weight excluding hydrogens is 266 g/mol. The fourth-order valence-electron chi connectivity index (χ4n) is 1.53. The molecule has 0 aliphatic heterocycles. The fourth-order valence-corrected chi connectivity index (χ4v) is 1.64. The summed E-state index contributed by atoms with van der Waals surface area (Å²) in [4.78, 5) is 11.2. The van der Waals surface area contributed by atoms with Gasteiger partial charge in [0.2, 0.25) is 5.82 Å². The Labute approximate surface area is 112 Å². The lowest BCUT2D eigenvalue weighted by Gasteiger charge is -1.92. The molecule has 0 saturated carbocycles. The molecule has 0 aromatic carbocycles. The Morgan fingerprint density at radius 2 is 2.16 bits per heavy atom. The van der Waals surface area contributed by atoms with Crippen molar-refractivity contribution >= 4 is 11.6 Å². The quantitative estimate of drug-likeness (QED) is 0.773. The van der Waals surface area contributed by atoms with Gasteiger partial charge < -0.3 is 9.51 Å². The smallest absolute Gasteiger partial charge is 0.274 e. The van der Waals surface area contributed by atoms with Crippen LogP contribution in [0.15, 0.2) is 35.0 Å². The van der Waals surface area contributed by atoms with E-state index in [1.807, 2.05) is 6.07 Å². The van der Waals surface area contributed by atoms with E-state index in [4.69, 9.17) is 21.4 Å². The highest BCUT2D eigenvalue weighted by molar-refractivity contribution is 6.30. The number of pyridine rings is 1. The van der Waals surface area contributed by atoms with Crippen molar-refractivity contribution in [2.45, 2.75) is 0 Å². The molecule has 0 spiro atoms. The van der Waals surface area contributed by atoms with E-state index in [1.54, 1.807) is 24.3 Å². The van der Waals surface area contributed by atoms with Gasteiger partial charge in [0.25, 0.3) is 5.89 Å². The third-order valence-electron chi connectivity index (χ3n) is 2.42. The van der Waals surface area contributed by atoms with Gasteiger partial charge in [0.1, 0.15) is 23.2 Å². The van der Waals surface area contributed by atoms with Gasteiger partial charge in [0.15, 0.2) is 0 Å². The molecule has 19 heavy (non-hydrogen) atoms. The van der Waals surface area contributed by atoms with Crippen LogP contribution in [0.5, 0.6) is 0 Å². The van der Waals surface area contributed by atoms with Gasteiger partial charge >= 0.3 is 0 Å². The summed E-state index contributed by atoms with van der Waals surface area (Å²) in [5.74, 6) is 0.660. The lowest BCUT2D eigenvalue weighted by molar-refractivity contribution is 0.431. The number of rotatable bonds is 2. The number of aromatic amines is 1. The average molecular weight is 272 g/mol. The maximum Gasteiger partial charge on any atom is 0.274 e. The van der Waals surface area contributed by atoms with Crippen molar-refractivity contribution in [2.75, 3.05) is 0 Å². The lowest BCUT2D eigenvalue weighted by Crippen LogP contribution is -1.85. The van der Waals surface area contributed by atoms with E-state index in [0.717, 1.165) is 0 Å². The summed E-state index contributed by atoms with van der Waals surface area (Å²) in [5.41, 5.74) is 1.58. The van der Waals surface area contributed by atoms with Crippen molar-refractivity contribution in [2.24, 2.45) is 0 Å². The van der Waals surface area contributed by atoms with E-state index in [2.05, 4.69) is 20.1 Å². The second-order valence-corrected chi connectivity index (χ2v) is 4.12. The Morgan fingerprint density at radius 3 is 2.84 bits per heavy atom. The minimum absolute atomic E-state index is 0.299. The average Bonchev–Trinajstić information content (AvgIpc) is 3.08. The predicted molar refractivity (Wildman–Crippen MR) is 67.0 cm³/mol. The summed E-state index contributed by atoms with van der Waals surface area (Å²) in [6.07, 6.45) is 1.51. The van der Waals surface area contributed by atoms with Crippen molar-refractivity contribution in [1.29, 1.82) is 5.26 Å². The van der Waals surface area contributed by atoms with Crippen LogP contribution in [0, 0.1) is 11.3 Å². The highest BCUT2D eigenvalue weighted by Gasteiger charge is 2.12. The van der Waals surface area contributed by atoms with Crippen LogP contribution < -0.4 is 0 Å². The number of hydrogen-bond acceptors (Lipinski definition) is 5. The van der Waals surface area contributed by atoms with E-state index < -0.39 is 0 Å². The van der Waals surface area contributed by atoms with Crippen LogP contribution >= 0.6 is 11.6 Å². The number of aromatic nitrogens is 4. The standard InChI is InChI=1S/C12H6ClN5O/c13-7-1-3-9(15-6-7)11-17-12(19-18-11)10-4-2-8(5-14)16-10/h1-4,6,16H. The van der Waals surface area contributed by atoms with Gasteiger partial charge in [-0.1, -0.05) is 16.8 Å². The normalized spacial score (nSPS) is 10.3. The highest BCUT2D eigenvalue weighted by atomic mass is 35.5. The van der Waals surface area contributed by atoms with Crippen molar-refractivity contribution in [1.82, 2.24) is 20.1 Å². The van der Waals surface area contributed by atoms with E-state index >= 15 is 0 Å². The molecule has 3 aromatic rings. The number of nitrogens with one attached hydrogen (secondary N) is 1. The van der Waals surface area contributed by atoms with Gasteiger partial charge in [-0.15, -0.1) is 0 Å². The second-order valence-electron chi connectivity index (χ2n) is 3.68. The zero-order valence-corrected chi connectivity index (χ0v) is 10.2. The summed E-state index contributed by atoms with van der Waals surface area (Å²) in [5, 5.41) is 13.1. The summed E-state index contributed by atoms with van der Waals surface area (Å²) in [6.45, 7) is 0. The molecule has 0 aliphatic carbocycles. The van der Waals surface area contributed by atoms with E-state index in [-0.39, 0.29) is 0 Å². The Morgan fingerprint density at radius 1 is 1.26 bits per heavy atom.